The van der Waals surface area contributed by atoms with Crippen molar-refractivity contribution in [3.8, 4) is 5.75 Å². The fourth-order valence-corrected chi connectivity index (χ4v) is 1.82. The number of aromatic nitrogens is 2. The molecule has 1 aromatic heterocycles. The van der Waals surface area contributed by atoms with Gasteiger partial charge >= 0.3 is 0 Å². The summed E-state index contributed by atoms with van der Waals surface area (Å²) >= 11 is 0. The van der Waals surface area contributed by atoms with Crippen LogP contribution in [0.4, 0.5) is 5.69 Å². The predicted octanol–water partition coefficient (Wildman–Crippen LogP) is 1.51. The third-order valence-corrected chi connectivity index (χ3v) is 3.08. The Balaban J connectivity index is 2.11. The Hall–Kier alpha value is -2.63. The molecule has 6 nitrogen and oxygen atoms in total. The summed E-state index contributed by atoms with van der Waals surface area (Å²) in [6.07, 6.45) is 0. The van der Waals surface area contributed by atoms with E-state index in [1.165, 1.54) is 6.07 Å². The molecule has 0 aliphatic carbocycles. The van der Waals surface area contributed by atoms with Gasteiger partial charge in [-0.2, -0.15) is 5.10 Å². The van der Waals surface area contributed by atoms with Crippen molar-refractivity contribution in [1.82, 2.24) is 9.78 Å². The average Bonchev–Trinajstić information content (AvgIpc) is 2.45. The highest BCUT2D eigenvalue weighted by molar-refractivity contribution is 5.90. The van der Waals surface area contributed by atoms with Crippen LogP contribution in [0, 0.1) is 13.8 Å². The fraction of sp³-hybridized carbons (Fsp3) is 0.267. The molecule has 1 aromatic carbocycles. The zero-order chi connectivity index (χ0) is 15.4. The van der Waals surface area contributed by atoms with Gasteiger partial charge < -0.3 is 10.1 Å². The molecule has 0 spiro atoms. The van der Waals surface area contributed by atoms with Crippen molar-refractivity contribution in [2.45, 2.75) is 20.4 Å². The van der Waals surface area contributed by atoms with Crippen molar-refractivity contribution in [3.63, 3.8) is 0 Å². The molecule has 0 bridgehead atoms. The first-order valence-corrected chi connectivity index (χ1v) is 6.49. The van der Waals surface area contributed by atoms with Crippen LogP contribution in [-0.4, -0.2) is 22.8 Å². The van der Waals surface area contributed by atoms with Crippen molar-refractivity contribution in [3.05, 3.63) is 51.9 Å². The molecule has 0 saturated carbocycles. The molecule has 0 aliphatic rings. The van der Waals surface area contributed by atoms with E-state index in [2.05, 4.69) is 10.4 Å². The summed E-state index contributed by atoms with van der Waals surface area (Å²) < 4.78 is 6.23. The topological polar surface area (TPSA) is 73.2 Å². The minimum absolute atomic E-state index is 0.128. The summed E-state index contributed by atoms with van der Waals surface area (Å²) in [4.78, 5) is 23.8. The van der Waals surface area contributed by atoms with E-state index in [-0.39, 0.29) is 18.0 Å². The van der Waals surface area contributed by atoms with Gasteiger partial charge in [-0.3, -0.25) is 9.59 Å². The quantitative estimate of drug-likeness (QED) is 0.925. The fourth-order valence-electron chi connectivity index (χ4n) is 1.82. The van der Waals surface area contributed by atoms with Crippen molar-refractivity contribution in [2.75, 3.05) is 12.4 Å². The van der Waals surface area contributed by atoms with Crippen molar-refractivity contribution in [1.29, 1.82) is 0 Å². The first-order valence-electron chi connectivity index (χ1n) is 6.49. The third kappa shape index (κ3) is 3.68. The number of hydrogen-bond acceptors (Lipinski definition) is 4. The van der Waals surface area contributed by atoms with Gasteiger partial charge in [0.1, 0.15) is 12.3 Å². The molecule has 2 rings (SSSR count). The maximum Gasteiger partial charge on any atom is 0.267 e. The SMILES string of the molecule is COc1cccc(NC(=O)Cn2nc(C)c(C)cc2=O)c1. The van der Waals surface area contributed by atoms with Crippen molar-refractivity contribution >= 4 is 11.6 Å². The lowest BCUT2D eigenvalue weighted by Gasteiger charge is -2.09. The maximum absolute atomic E-state index is 12.0. The van der Waals surface area contributed by atoms with Crippen LogP contribution in [0.3, 0.4) is 0 Å². The summed E-state index contributed by atoms with van der Waals surface area (Å²) in [6, 6.07) is 8.48. The Morgan fingerprint density at radius 2 is 2.10 bits per heavy atom. The number of hydrogen-bond donors (Lipinski definition) is 1. The number of benzene rings is 1. The lowest BCUT2D eigenvalue weighted by molar-refractivity contribution is -0.117. The molecule has 1 amide bonds. The molecule has 0 fully saturated rings. The molecule has 0 saturated heterocycles. The number of carbonyl (C=O) groups is 1. The van der Waals surface area contributed by atoms with E-state index >= 15 is 0 Å². The van der Waals surface area contributed by atoms with Gasteiger partial charge in [-0.15, -0.1) is 0 Å². The number of nitrogens with zero attached hydrogens (tertiary/aromatic N) is 2. The summed E-state index contributed by atoms with van der Waals surface area (Å²) in [6.45, 7) is 3.48. The summed E-state index contributed by atoms with van der Waals surface area (Å²) in [5.41, 5.74) is 1.85. The monoisotopic (exact) mass is 287 g/mol. The lowest BCUT2D eigenvalue weighted by atomic mass is 10.2. The van der Waals surface area contributed by atoms with E-state index in [9.17, 15) is 9.59 Å². The van der Waals surface area contributed by atoms with E-state index < -0.39 is 0 Å². The van der Waals surface area contributed by atoms with Gasteiger partial charge in [0.05, 0.1) is 12.8 Å². The highest BCUT2D eigenvalue weighted by Crippen LogP contribution is 2.16. The van der Waals surface area contributed by atoms with Gasteiger partial charge in [-0.1, -0.05) is 6.07 Å². The average molecular weight is 287 g/mol. The molecule has 0 atom stereocenters. The highest BCUT2D eigenvalue weighted by Gasteiger charge is 2.08. The number of nitrogens with one attached hydrogen (secondary N) is 1. The van der Waals surface area contributed by atoms with E-state index in [0.29, 0.717) is 11.4 Å². The predicted molar refractivity (Wildman–Crippen MR) is 79.6 cm³/mol. The highest BCUT2D eigenvalue weighted by atomic mass is 16.5. The van der Waals surface area contributed by atoms with Gasteiger partial charge in [0, 0.05) is 17.8 Å². The summed E-state index contributed by atoms with van der Waals surface area (Å²) in [7, 11) is 1.56. The summed E-state index contributed by atoms with van der Waals surface area (Å²) in [5.74, 6) is 0.329. The Labute approximate surface area is 122 Å². The molecule has 0 aliphatic heterocycles. The van der Waals surface area contributed by atoms with Crippen LogP contribution in [0.1, 0.15) is 11.3 Å². The van der Waals surface area contributed by atoms with Gasteiger partial charge in [-0.05, 0) is 31.5 Å². The van der Waals surface area contributed by atoms with Crippen molar-refractivity contribution in [2.24, 2.45) is 0 Å². The van der Waals surface area contributed by atoms with Crippen LogP contribution in [-0.2, 0) is 11.3 Å². The third-order valence-electron chi connectivity index (χ3n) is 3.08. The zero-order valence-electron chi connectivity index (χ0n) is 12.2. The van der Waals surface area contributed by atoms with E-state index in [1.54, 1.807) is 38.3 Å². The molecule has 2 aromatic rings. The number of amides is 1. The van der Waals surface area contributed by atoms with Crippen LogP contribution in [0.25, 0.3) is 0 Å². The molecule has 0 radical (unpaired) electrons. The Morgan fingerprint density at radius 3 is 2.81 bits per heavy atom. The Kier molecular flexibility index (Phi) is 4.37. The van der Waals surface area contributed by atoms with E-state index in [4.69, 9.17) is 4.74 Å². The molecular formula is C15H17N3O3. The van der Waals surface area contributed by atoms with E-state index in [0.717, 1.165) is 15.9 Å². The normalized spacial score (nSPS) is 10.2. The second-order valence-corrected chi connectivity index (χ2v) is 4.69. The number of ether oxygens (including phenoxy) is 1. The Bertz CT molecular complexity index is 722. The smallest absolute Gasteiger partial charge is 0.267 e. The van der Waals surface area contributed by atoms with Crippen LogP contribution in [0.5, 0.6) is 5.75 Å². The molecule has 1 N–H and O–H groups in total. The van der Waals surface area contributed by atoms with Gasteiger partial charge in [-0.25, -0.2) is 4.68 Å². The Morgan fingerprint density at radius 1 is 1.33 bits per heavy atom. The second kappa shape index (κ2) is 6.21. The van der Waals surface area contributed by atoms with Crippen LogP contribution >= 0.6 is 0 Å². The van der Waals surface area contributed by atoms with Crippen LogP contribution in [0.15, 0.2) is 35.1 Å². The second-order valence-electron chi connectivity index (χ2n) is 4.69. The number of methoxy groups -OCH3 is 1. The molecule has 1 heterocycles. The van der Waals surface area contributed by atoms with Crippen LogP contribution in [0.2, 0.25) is 0 Å². The number of carbonyl (C=O) groups excluding carboxylic acids is 1. The van der Waals surface area contributed by atoms with Crippen molar-refractivity contribution < 1.29 is 9.53 Å². The number of rotatable bonds is 4. The van der Waals surface area contributed by atoms with Gasteiger partial charge in [0.15, 0.2) is 0 Å². The first-order chi connectivity index (χ1) is 9.99. The zero-order valence-corrected chi connectivity index (χ0v) is 12.2. The maximum atomic E-state index is 12.0. The summed E-state index contributed by atoms with van der Waals surface area (Å²) in [5, 5.41) is 6.81. The first kappa shape index (κ1) is 14.8. The lowest BCUT2D eigenvalue weighted by Crippen LogP contribution is -2.30. The molecule has 0 unspecified atom stereocenters. The minimum atomic E-state index is -0.318. The number of anilines is 1. The number of aryl methyl sites for hydroxylation is 2. The largest absolute Gasteiger partial charge is 0.497 e. The molecule has 110 valence electrons. The van der Waals surface area contributed by atoms with Gasteiger partial charge in [0.2, 0.25) is 5.91 Å². The minimum Gasteiger partial charge on any atom is -0.497 e. The molecule has 6 heteroatoms. The van der Waals surface area contributed by atoms with Gasteiger partial charge in [0.25, 0.3) is 5.56 Å². The van der Waals surface area contributed by atoms with Crippen LogP contribution < -0.4 is 15.6 Å². The standard InChI is InChI=1S/C15H17N3O3/c1-10-7-15(20)18(17-11(10)2)9-14(19)16-12-5-4-6-13(8-12)21-3/h4-8H,9H2,1-3H3,(H,16,19). The molecular weight excluding hydrogens is 270 g/mol. The van der Waals surface area contributed by atoms with E-state index in [1.807, 2.05) is 6.92 Å². The molecule has 21 heavy (non-hydrogen) atoms.